The van der Waals surface area contributed by atoms with E-state index in [1.165, 1.54) is 0 Å². The lowest BCUT2D eigenvalue weighted by Gasteiger charge is -2.06. The molecule has 0 amide bonds. The van der Waals surface area contributed by atoms with E-state index in [0.717, 1.165) is 65.2 Å². The van der Waals surface area contributed by atoms with Crippen LogP contribution in [0.3, 0.4) is 0 Å². The average molecular weight is 478 g/mol. The maximum Gasteiger partial charge on any atom is 0.232 e. The standard InChI is InChI=1S/C26H19N7OS/c1-2-4-22(34)33-15-9-14(11-27-12-15)19-10-17-20(13-28-19)31-32-25(17)26-29-18-6-3-5-16(24(18)30-26)21-7-8-23(33)35-21/h3,5-13H,2,4H2,1H3,(H,29,30)(H,31,32). The summed E-state index contributed by atoms with van der Waals surface area (Å²) in [4.78, 5) is 31.7. The fourth-order valence-electron chi connectivity index (χ4n) is 4.60. The number of aromatic nitrogens is 7. The normalized spacial score (nSPS) is 11.9. The fraction of sp³-hybridized carbons (Fsp3) is 0.115. The third-order valence-electron chi connectivity index (χ3n) is 6.25. The highest BCUT2D eigenvalue weighted by Gasteiger charge is 2.12. The molecular formula is C26H19N7OS. The van der Waals surface area contributed by atoms with Crippen LogP contribution in [0.1, 0.15) is 24.6 Å². The molecule has 0 unspecified atom stereocenters. The van der Waals surface area contributed by atoms with E-state index in [9.17, 15) is 4.79 Å². The van der Waals surface area contributed by atoms with Gasteiger partial charge in [0.05, 0.1) is 40.0 Å². The molecule has 35 heavy (non-hydrogen) atoms. The summed E-state index contributed by atoms with van der Waals surface area (Å²) in [5.74, 6) is 0.0324. The Morgan fingerprint density at radius 2 is 1.97 bits per heavy atom. The van der Waals surface area contributed by atoms with Crippen molar-refractivity contribution in [2.75, 3.05) is 0 Å². The number of pyridine rings is 2. The predicted molar refractivity (Wildman–Crippen MR) is 140 cm³/mol. The molecule has 8 bridgehead atoms. The number of imidazole rings is 1. The Morgan fingerprint density at radius 1 is 1.03 bits per heavy atom. The van der Waals surface area contributed by atoms with Crippen LogP contribution in [0.5, 0.6) is 0 Å². The largest absolute Gasteiger partial charge is 0.337 e. The summed E-state index contributed by atoms with van der Waals surface area (Å²) in [5, 5.41) is 10.4. The molecule has 0 aliphatic rings. The summed E-state index contributed by atoms with van der Waals surface area (Å²) < 4.78 is 2.80. The number of hydrogen-bond donors (Lipinski definition) is 2. The molecule has 6 aromatic heterocycles. The first-order valence-corrected chi connectivity index (χ1v) is 12.2. The molecule has 7 aromatic rings. The molecule has 0 spiro atoms. The molecular weight excluding hydrogens is 458 g/mol. The van der Waals surface area contributed by atoms with Gasteiger partial charge in [-0.1, -0.05) is 19.1 Å². The van der Waals surface area contributed by atoms with E-state index in [2.05, 4.69) is 37.3 Å². The van der Waals surface area contributed by atoms with Crippen LogP contribution in [0.15, 0.2) is 61.1 Å². The topological polar surface area (TPSA) is 105 Å². The minimum Gasteiger partial charge on any atom is -0.337 e. The van der Waals surface area contributed by atoms with Gasteiger partial charge in [-0.3, -0.25) is 24.4 Å². The van der Waals surface area contributed by atoms with E-state index in [1.807, 2.05) is 37.3 Å². The lowest BCUT2D eigenvalue weighted by Crippen LogP contribution is -2.10. The maximum atomic E-state index is 13.3. The molecule has 8 nitrogen and oxygen atoms in total. The van der Waals surface area contributed by atoms with E-state index in [4.69, 9.17) is 4.98 Å². The maximum absolute atomic E-state index is 13.3. The van der Waals surface area contributed by atoms with Crippen molar-refractivity contribution in [1.82, 2.24) is 34.7 Å². The molecule has 0 aliphatic heterocycles. The zero-order chi connectivity index (χ0) is 23.5. The molecule has 170 valence electrons. The van der Waals surface area contributed by atoms with Gasteiger partial charge in [0.15, 0.2) is 5.65 Å². The number of H-pyrrole nitrogens is 2. The van der Waals surface area contributed by atoms with Crippen LogP contribution in [0.2, 0.25) is 0 Å². The van der Waals surface area contributed by atoms with Crippen molar-refractivity contribution in [2.24, 2.45) is 0 Å². The van der Waals surface area contributed by atoms with Crippen molar-refractivity contribution < 1.29 is 4.79 Å². The van der Waals surface area contributed by atoms with Gasteiger partial charge in [0.2, 0.25) is 5.91 Å². The lowest BCUT2D eigenvalue weighted by molar-refractivity contribution is 0.0912. The quantitative estimate of drug-likeness (QED) is 0.305. The zero-order valence-corrected chi connectivity index (χ0v) is 19.6. The Hall–Kier alpha value is -4.37. The van der Waals surface area contributed by atoms with Crippen LogP contribution in [0, 0.1) is 0 Å². The summed E-state index contributed by atoms with van der Waals surface area (Å²) in [6.45, 7) is 2.01. The number of fused-ring (bicyclic) bond motifs is 9. The van der Waals surface area contributed by atoms with Crippen molar-refractivity contribution >= 4 is 81.7 Å². The lowest BCUT2D eigenvalue weighted by atomic mass is 10.2. The average Bonchev–Trinajstić information content (AvgIpc) is 3.61. The molecule has 0 aliphatic carbocycles. The number of carbonyl (C=O) groups is 1. The molecule has 7 rings (SSSR count). The molecule has 2 N–H and O–H groups in total. The monoisotopic (exact) mass is 477 g/mol. The summed E-state index contributed by atoms with van der Waals surface area (Å²) in [7, 11) is 0. The first-order chi connectivity index (χ1) is 17.2. The van der Waals surface area contributed by atoms with Crippen LogP contribution in [0.25, 0.3) is 64.4 Å². The van der Waals surface area contributed by atoms with Crippen LogP contribution in [-0.4, -0.2) is 40.6 Å². The number of carbonyl (C=O) groups excluding carboxylic acids is 1. The Kier molecular flexibility index (Phi) is 4.34. The Morgan fingerprint density at radius 3 is 2.89 bits per heavy atom. The second-order valence-electron chi connectivity index (χ2n) is 8.52. The molecule has 0 atom stereocenters. The third-order valence-corrected chi connectivity index (χ3v) is 7.36. The van der Waals surface area contributed by atoms with E-state index >= 15 is 0 Å². The number of thiophene rings is 1. The second kappa shape index (κ2) is 7.57. The Bertz CT molecular complexity index is 2010. The highest BCUT2D eigenvalue weighted by Crippen LogP contribution is 2.30. The number of hydrogen-bond acceptors (Lipinski definition) is 6. The van der Waals surface area contributed by atoms with Crippen LogP contribution in [0.4, 0.5) is 0 Å². The number of nitrogens with zero attached hydrogens (tertiary/aromatic N) is 5. The van der Waals surface area contributed by atoms with Gasteiger partial charge < -0.3 is 4.98 Å². The number of para-hydroxylation sites is 1. The summed E-state index contributed by atoms with van der Waals surface area (Å²) in [6, 6.07) is 14.1. The molecule has 0 saturated heterocycles. The molecule has 9 heteroatoms. The van der Waals surface area contributed by atoms with Gasteiger partial charge >= 0.3 is 0 Å². The summed E-state index contributed by atoms with van der Waals surface area (Å²) in [5.41, 5.74) is 5.50. The molecule has 1 aromatic carbocycles. The van der Waals surface area contributed by atoms with Gasteiger partial charge in [0.1, 0.15) is 10.3 Å². The van der Waals surface area contributed by atoms with E-state index in [0.29, 0.717) is 12.1 Å². The van der Waals surface area contributed by atoms with Gasteiger partial charge in [-0.2, -0.15) is 5.10 Å². The van der Waals surface area contributed by atoms with Crippen LogP contribution >= 0.6 is 11.3 Å². The Labute approximate surface area is 202 Å². The van der Waals surface area contributed by atoms with Crippen LogP contribution < -0.4 is 0 Å². The van der Waals surface area contributed by atoms with Crippen molar-refractivity contribution in [3.8, 4) is 0 Å². The van der Waals surface area contributed by atoms with E-state index < -0.39 is 0 Å². The molecule has 0 radical (unpaired) electrons. The summed E-state index contributed by atoms with van der Waals surface area (Å²) >= 11 is 1.57. The minimum atomic E-state index is 0.0324. The number of aromatic amines is 2. The van der Waals surface area contributed by atoms with Crippen molar-refractivity contribution in [3.63, 3.8) is 0 Å². The SMILES string of the molecule is CCCC(=O)n1c2cncc(c2)c2cc3c(cn2)[nH]nc3c2nc3c(cccc3c3ccc1s3)[nH]2. The predicted octanol–water partition coefficient (Wildman–Crippen LogP) is 6.27. The highest BCUT2D eigenvalue weighted by molar-refractivity contribution is 7.24. The van der Waals surface area contributed by atoms with Crippen molar-refractivity contribution in [3.05, 3.63) is 61.1 Å². The van der Waals surface area contributed by atoms with Crippen molar-refractivity contribution in [2.45, 2.75) is 19.8 Å². The molecule has 0 fully saturated rings. The first kappa shape index (κ1) is 20.0. The third kappa shape index (κ3) is 3.08. The van der Waals surface area contributed by atoms with Gasteiger partial charge in [0.25, 0.3) is 0 Å². The fourth-order valence-corrected chi connectivity index (χ4v) is 5.67. The minimum absolute atomic E-state index is 0.0324. The smallest absolute Gasteiger partial charge is 0.232 e. The second-order valence-corrected chi connectivity index (χ2v) is 9.59. The van der Waals surface area contributed by atoms with E-state index in [1.54, 1.807) is 34.5 Å². The first-order valence-electron chi connectivity index (χ1n) is 11.4. The van der Waals surface area contributed by atoms with Crippen LogP contribution in [-0.2, 0) is 0 Å². The highest BCUT2D eigenvalue weighted by atomic mass is 32.1. The van der Waals surface area contributed by atoms with Gasteiger partial charge in [-0.15, -0.1) is 11.3 Å². The molecule has 0 saturated carbocycles. The van der Waals surface area contributed by atoms with E-state index in [-0.39, 0.29) is 5.91 Å². The van der Waals surface area contributed by atoms with Gasteiger partial charge in [-0.05, 0) is 36.8 Å². The molecule has 6 heterocycles. The van der Waals surface area contributed by atoms with Crippen molar-refractivity contribution in [1.29, 1.82) is 0 Å². The number of rotatable bonds is 2. The zero-order valence-electron chi connectivity index (χ0n) is 18.7. The summed E-state index contributed by atoms with van der Waals surface area (Å²) in [6.07, 6.45) is 6.47. The number of nitrogens with one attached hydrogen (secondary N) is 2. The van der Waals surface area contributed by atoms with Gasteiger partial charge in [-0.25, -0.2) is 4.98 Å². The Balaban J connectivity index is 1.76. The van der Waals surface area contributed by atoms with Gasteiger partial charge in [0, 0.05) is 33.5 Å². The number of benzene rings is 1.